The molecule has 1 aliphatic rings. The minimum Gasteiger partial charge on any atom is -0.388 e. The number of nitrogens with one attached hydrogen (secondary N) is 1. The second-order valence-electron chi connectivity index (χ2n) is 4.15. The topological polar surface area (TPSA) is 15.3 Å². The van der Waals surface area contributed by atoms with E-state index in [1.54, 1.807) is 6.07 Å². The van der Waals surface area contributed by atoms with Crippen LogP contribution in [0, 0.1) is 5.82 Å². The maximum absolute atomic E-state index is 13.8. The SMILES string of the molecule is CNc1cc(F)c2c(c1)CCN(C)CC2. The molecule has 0 fully saturated rings. The lowest BCUT2D eigenvalue weighted by molar-refractivity contribution is 0.351. The van der Waals surface area contributed by atoms with Gasteiger partial charge in [0, 0.05) is 25.8 Å². The summed E-state index contributed by atoms with van der Waals surface area (Å²) in [4.78, 5) is 2.25. The van der Waals surface area contributed by atoms with E-state index in [-0.39, 0.29) is 5.82 Å². The lowest BCUT2D eigenvalue weighted by atomic mass is 10.0. The van der Waals surface area contributed by atoms with Crippen LogP contribution in [0.15, 0.2) is 12.1 Å². The number of nitrogens with zero attached hydrogens (tertiary/aromatic N) is 1. The number of likely N-dealkylation sites (N-methyl/N-ethyl adjacent to an activating group) is 1. The van der Waals surface area contributed by atoms with Crippen molar-refractivity contribution in [2.75, 3.05) is 32.5 Å². The van der Waals surface area contributed by atoms with Gasteiger partial charge in [-0.05, 0) is 43.1 Å². The first-order valence-corrected chi connectivity index (χ1v) is 5.38. The first-order valence-electron chi connectivity index (χ1n) is 5.38. The molecule has 0 radical (unpaired) electrons. The third-order valence-corrected chi connectivity index (χ3v) is 3.08. The molecule has 0 atom stereocenters. The molecule has 2 nitrogen and oxygen atoms in total. The summed E-state index contributed by atoms with van der Waals surface area (Å²) in [5.41, 5.74) is 2.93. The van der Waals surface area contributed by atoms with Crippen molar-refractivity contribution in [1.82, 2.24) is 4.90 Å². The third kappa shape index (κ3) is 2.12. The zero-order chi connectivity index (χ0) is 10.8. The molecule has 0 unspecified atom stereocenters. The van der Waals surface area contributed by atoms with Crippen molar-refractivity contribution in [3.63, 3.8) is 0 Å². The molecule has 1 aromatic rings. The minimum absolute atomic E-state index is 0.0628. The summed E-state index contributed by atoms with van der Waals surface area (Å²) in [6.07, 6.45) is 1.76. The Labute approximate surface area is 90.1 Å². The van der Waals surface area contributed by atoms with E-state index in [2.05, 4.69) is 23.3 Å². The van der Waals surface area contributed by atoms with Crippen molar-refractivity contribution < 1.29 is 4.39 Å². The van der Waals surface area contributed by atoms with Crippen LogP contribution in [0.25, 0.3) is 0 Å². The fourth-order valence-electron chi connectivity index (χ4n) is 2.07. The number of rotatable bonds is 1. The van der Waals surface area contributed by atoms with Gasteiger partial charge >= 0.3 is 0 Å². The van der Waals surface area contributed by atoms with Gasteiger partial charge in [-0.25, -0.2) is 4.39 Å². The Morgan fingerprint density at radius 3 is 2.73 bits per heavy atom. The van der Waals surface area contributed by atoms with Crippen LogP contribution in [-0.4, -0.2) is 32.1 Å². The van der Waals surface area contributed by atoms with Gasteiger partial charge in [0.1, 0.15) is 5.82 Å². The molecule has 1 heterocycles. The highest BCUT2D eigenvalue weighted by atomic mass is 19.1. The molecule has 82 valence electrons. The largest absolute Gasteiger partial charge is 0.388 e. The van der Waals surface area contributed by atoms with Crippen LogP contribution in [0.3, 0.4) is 0 Å². The normalized spacial score (nSPS) is 17.0. The average molecular weight is 208 g/mol. The van der Waals surface area contributed by atoms with Gasteiger partial charge in [-0.15, -0.1) is 0 Å². The van der Waals surface area contributed by atoms with Crippen LogP contribution in [0.5, 0.6) is 0 Å². The lowest BCUT2D eigenvalue weighted by Crippen LogP contribution is -2.20. The standard InChI is InChI=1S/C12H17FN2/c1-14-10-7-9-3-5-15(2)6-4-11(9)12(13)8-10/h7-8,14H,3-6H2,1-2H3. The summed E-state index contributed by atoms with van der Waals surface area (Å²) in [5.74, 6) is -0.0628. The Morgan fingerprint density at radius 2 is 2.00 bits per heavy atom. The first-order chi connectivity index (χ1) is 7.20. The second kappa shape index (κ2) is 4.19. The van der Waals surface area contributed by atoms with Gasteiger partial charge in [-0.1, -0.05) is 0 Å². The highest BCUT2D eigenvalue weighted by Gasteiger charge is 2.15. The van der Waals surface area contributed by atoms with E-state index in [0.29, 0.717) is 0 Å². The van der Waals surface area contributed by atoms with Crippen molar-refractivity contribution in [2.24, 2.45) is 0 Å². The fraction of sp³-hybridized carbons (Fsp3) is 0.500. The van der Waals surface area contributed by atoms with Crippen molar-refractivity contribution in [3.05, 3.63) is 29.1 Å². The molecule has 0 bridgehead atoms. The highest BCUT2D eigenvalue weighted by Crippen LogP contribution is 2.23. The monoisotopic (exact) mass is 208 g/mol. The number of halogens is 1. The minimum atomic E-state index is -0.0628. The summed E-state index contributed by atoms with van der Waals surface area (Å²) in [5, 5.41) is 3.00. The molecule has 15 heavy (non-hydrogen) atoms. The summed E-state index contributed by atoms with van der Waals surface area (Å²) < 4.78 is 13.8. The van der Waals surface area contributed by atoms with E-state index < -0.39 is 0 Å². The summed E-state index contributed by atoms with van der Waals surface area (Å²) in [6, 6.07) is 3.65. The van der Waals surface area contributed by atoms with Gasteiger partial charge in [-0.3, -0.25) is 0 Å². The van der Waals surface area contributed by atoms with Crippen molar-refractivity contribution in [2.45, 2.75) is 12.8 Å². The maximum Gasteiger partial charge on any atom is 0.128 e. The second-order valence-corrected chi connectivity index (χ2v) is 4.15. The number of anilines is 1. The first kappa shape index (κ1) is 10.4. The summed E-state index contributed by atoms with van der Waals surface area (Å²) >= 11 is 0. The van der Waals surface area contributed by atoms with Crippen LogP contribution >= 0.6 is 0 Å². The van der Waals surface area contributed by atoms with E-state index in [4.69, 9.17) is 0 Å². The van der Waals surface area contributed by atoms with Gasteiger partial charge in [0.15, 0.2) is 0 Å². The molecular formula is C12H17FN2. The number of hydrogen-bond donors (Lipinski definition) is 1. The highest BCUT2D eigenvalue weighted by molar-refractivity contribution is 5.49. The molecule has 0 saturated heterocycles. The van der Waals surface area contributed by atoms with Crippen LogP contribution < -0.4 is 5.32 Å². The van der Waals surface area contributed by atoms with E-state index >= 15 is 0 Å². The Morgan fingerprint density at radius 1 is 1.27 bits per heavy atom. The van der Waals surface area contributed by atoms with Crippen LogP contribution in [0.4, 0.5) is 10.1 Å². The molecule has 0 amide bonds. The van der Waals surface area contributed by atoms with E-state index in [1.165, 1.54) is 0 Å². The van der Waals surface area contributed by atoms with E-state index in [1.807, 2.05) is 7.05 Å². The molecule has 2 rings (SSSR count). The molecule has 0 aliphatic carbocycles. The van der Waals surface area contributed by atoms with Gasteiger partial charge in [0.25, 0.3) is 0 Å². The lowest BCUT2D eigenvalue weighted by Gasteiger charge is -2.10. The average Bonchev–Trinajstić information content (AvgIpc) is 2.41. The Bertz CT molecular complexity index is 363. The maximum atomic E-state index is 13.8. The van der Waals surface area contributed by atoms with Crippen LogP contribution in [-0.2, 0) is 12.8 Å². The van der Waals surface area contributed by atoms with Gasteiger partial charge in [-0.2, -0.15) is 0 Å². The zero-order valence-corrected chi connectivity index (χ0v) is 9.31. The zero-order valence-electron chi connectivity index (χ0n) is 9.31. The number of fused-ring (bicyclic) bond motifs is 1. The third-order valence-electron chi connectivity index (χ3n) is 3.08. The molecule has 3 heteroatoms. The van der Waals surface area contributed by atoms with Gasteiger partial charge < -0.3 is 10.2 Å². The molecule has 0 aromatic heterocycles. The van der Waals surface area contributed by atoms with Crippen molar-refractivity contribution in [1.29, 1.82) is 0 Å². The molecular weight excluding hydrogens is 191 g/mol. The Hall–Kier alpha value is -1.09. The summed E-state index contributed by atoms with van der Waals surface area (Å²) in [7, 11) is 3.91. The molecule has 1 aliphatic heterocycles. The quantitative estimate of drug-likeness (QED) is 0.758. The molecule has 1 aromatic carbocycles. The predicted molar refractivity (Wildman–Crippen MR) is 60.9 cm³/mol. The van der Waals surface area contributed by atoms with E-state index in [0.717, 1.165) is 42.7 Å². The molecule has 0 spiro atoms. The van der Waals surface area contributed by atoms with Crippen LogP contribution in [0.2, 0.25) is 0 Å². The van der Waals surface area contributed by atoms with Gasteiger partial charge in [0.2, 0.25) is 0 Å². The fourth-order valence-corrected chi connectivity index (χ4v) is 2.07. The number of hydrogen-bond acceptors (Lipinski definition) is 2. The van der Waals surface area contributed by atoms with E-state index in [9.17, 15) is 4.39 Å². The van der Waals surface area contributed by atoms with Crippen molar-refractivity contribution in [3.8, 4) is 0 Å². The predicted octanol–water partition coefficient (Wildman–Crippen LogP) is 1.90. The number of benzene rings is 1. The Balaban J connectivity index is 2.38. The molecule has 1 N–H and O–H groups in total. The summed E-state index contributed by atoms with van der Waals surface area (Å²) in [6.45, 7) is 1.96. The van der Waals surface area contributed by atoms with Crippen LogP contribution in [0.1, 0.15) is 11.1 Å². The molecule has 0 saturated carbocycles. The Kier molecular flexibility index (Phi) is 2.91. The smallest absolute Gasteiger partial charge is 0.128 e. The van der Waals surface area contributed by atoms with Gasteiger partial charge in [0.05, 0.1) is 0 Å². The van der Waals surface area contributed by atoms with Crippen molar-refractivity contribution >= 4 is 5.69 Å².